The highest BCUT2D eigenvalue weighted by molar-refractivity contribution is 5.94. The zero-order valence-corrected chi connectivity index (χ0v) is 14.3. The van der Waals surface area contributed by atoms with Crippen molar-refractivity contribution >= 4 is 11.8 Å². The molecule has 24 heavy (non-hydrogen) atoms. The van der Waals surface area contributed by atoms with Crippen LogP contribution in [0.5, 0.6) is 0 Å². The highest BCUT2D eigenvalue weighted by Gasteiger charge is 2.31. The summed E-state index contributed by atoms with van der Waals surface area (Å²) in [5.41, 5.74) is 0.698. The van der Waals surface area contributed by atoms with Crippen LogP contribution in [0.25, 0.3) is 0 Å². The topological polar surface area (TPSA) is 61.4 Å². The first-order valence-electron chi connectivity index (χ1n) is 9.03. The van der Waals surface area contributed by atoms with Gasteiger partial charge in [-0.15, -0.1) is 0 Å². The summed E-state index contributed by atoms with van der Waals surface area (Å²) in [6.07, 6.45) is 3.87. The van der Waals surface area contributed by atoms with Crippen molar-refractivity contribution in [2.24, 2.45) is 5.92 Å². The lowest BCUT2D eigenvalue weighted by Crippen LogP contribution is -2.54. The quantitative estimate of drug-likeness (QED) is 0.889. The molecule has 2 N–H and O–H groups in total. The molecule has 0 spiro atoms. The van der Waals surface area contributed by atoms with Gasteiger partial charge in [0.15, 0.2) is 0 Å². The van der Waals surface area contributed by atoms with E-state index in [4.69, 9.17) is 0 Å². The Morgan fingerprint density at radius 2 is 1.96 bits per heavy atom. The van der Waals surface area contributed by atoms with E-state index in [-0.39, 0.29) is 23.8 Å². The van der Waals surface area contributed by atoms with Gasteiger partial charge in [-0.25, -0.2) is 0 Å². The molecule has 0 bridgehead atoms. The van der Waals surface area contributed by atoms with Gasteiger partial charge in [-0.05, 0) is 51.3 Å². The third-order valence-corrected chi connectivity index (χ3v) is 5.19. The lowest BCUT2D eigenvalue weighted by Gasteiger charge is -2.35. The molecule has 130 valence electrons. The summed E-state index contributed by atoms with van der Waals surface area (Å²) in [4.78, 5) is 27.1. The zero-order valence-electron chi connectivity index (χ0n) is 14.3. The maximum atomic E-state index is 12.6. The standard InChI is InChI=1S/C19H27N3O2/c1-14-17(10-5-11-20-14)21-18(23)16-9-6-12-22(13-16)19(24)15-7-3-2-4-8-15/h2-4,7-8,14,16-17,20H,5-6,9-13H2,1H3,(H,21,23). The number of benzene rings is 1. The minimum Gasteiger partial charge on any atom is -0.352 e. The number of piperidine rings is 2. The smallest absolute Gasteiger partial charge is 0.253 e. The predicted molar refractivity (Wildman–Crippen MR) is 93.7 cm³/mol. The lowest BCUT2D eigenvalue weighted by atomic mass is 9.94. The summed E-state index contributed by atoms with van der Waals surface area (Å²) in [6.45, 7) is 4.40. The fourth-order valence-electron chi connectivity index (χ4n) is 3.68. The molecule has 1 aromatic carbocycles. The van der Waals surface area contributed by atoms with E-state index in [9.17, 15) is 9.59 Å². The molecule has 0 aliphatic carbocycles. The van der Waals surface area contributed by atoms with Gasteiger partial charge in [-0.2, -0.15) is 0 Å². The first-order chi connectivity index (χ1) is 11.6. The molecule has 5 nitrogen and oxygen atoms in total. The van der Waals surface area contributed by atoms with E-state index in [2.05, 4.69) is 17.6 Å². The molecule has 2 heterocycles. The number of nitrogens with one attached hydrogen (secondary N) is 2. The van der Waals surface area contributed by atoms with E-state index in [1.54, 1.807) is 0 Å². The molecule has 5 heteroatoms. The molecule has 2 aliphatic heterocycles. The van der Waals surface area contributed by atoms with Gasteiger partial charge in [0, 0.05) is 30.7 Å². The second-order valence-electron chi connectivity index (χ2n) is 6.96. The van der Waals surface area contributed by atoms with Gasteiger partial charge in [-0.1, -0.05) is 18.2 Å². The molecule has 2 amide bonds. The Hall–Kier alpha value is -1.88. The van der Waals surface area contributed by atoms with Crippen LogP contribution < -0.4 is 10.6 Å². The molecular weight excluding hydrogens is 302 g/mol. The summed E-state index contributed by atoms with van der Waals surface area (Å²) >= 11 is 0. The van der Waals surface area contributed by atoms with Crippen molar-refractivity contribution in [1.29, 1.82) is 0 Å². The lowest BCUT2D eigenvalue weighted by molar-refractivity contribution is -0.127. The van der Waals surface area contributed by atoms with Gasteiger partial charge in [0.2, 0.25) is 5.91 Å². The number of nitrogens with zero attached hydrogens (tertiary/aromatic N) is 1. The minimum absolute atomic E-state index is 0.0285. The summed E-state index contributed by atoms with van der Waals surface area (Å²) < 4.78 is 0. The molecule has 1 aromatic rings. The van der Waals surface area contributed by atoms with Crippen molar-refractivity contribution in [3.8, 4) is 0 Å². The molecule has 2 fully saturated rings. The van der Waals surface area contributed by atoms with Crippen molar-refractivity contribution in [1.82, 2.24) is 15.5 Å². The Balaban J connectivity index is 1.58. The number of rotatable bonds is 3. The third kappa shape index (κ3) is 3.96. The van der Waals surface area contributed by atoms with E-state index in [1.807, 2.05) is 35.2 Å². The normalized spacial score (nSPS) is 27.5. The average molecular weight is 329 g/mol. The maximum absolute atomic E-state index is 12.6. The number of hydrogen-bond donors (Lipinski definition) is 2. The number of likely N-dealkylation sites (tertiary alicyclic amines) is 1. The number of amides is 2. The van der Waals surface area contributed by atoms with Gasteiger partial charge in [-0.3, -0.25) is 9.59 Å². The van der Waals surface area contributed by atoms with E-state index >= 15 is 0 Å². The average Bonchev–Trinajstić information content (AvgIpc) is 2.64. The SMILES string of the molecule is CC1NCCCC1NC(=O)C1CCCN(C(=O)c2ccccc2)C1. The van der Waals surface area contributed by atoms with E-state index in [1.165, 1.54) is 0 Å². The van der Waals surface area contributed by atoms with Crippen molar-refractivity contribution in [3.05, 3.63) is 35.9 Å². The number of carbonyl (C=O) groups is 2. The summed E-state index contributed by atoms with van der Waals surface area (Å²) in [5, 5.41) is 6.61. The fourth-order valence-corrected chi connectivity index (χ4v) is 3.68. The van der Waals surface area contributed by atoms with Crippen LogP contribution in [-0.4, -0.2) is 48.4 Å². The van der Waals surface area contributed by atoms with Crippen molar-refractivity contribution in [2.45, 2.75) is 44.7 Å². The maximum Gasteiger partial charge on any atom is 0.253 e. The first-order valence-corrected chi connectivity index (χ1v) is 9.03. The van der Waals surface area contributed by atoms with Gasteiger partial charge >= 0.3 is 0 Å². The minimum atomic E-state index is -0.0967. The molecule has 2 saturated heterocycles. The fraction of sp³-hybridized carbons (Fsp3) is 0.579. The summed E-state index contributed by atoms with van der Waals surface area (Å²) in [6, 6.07) is 9.84. The van der Waals surface area contributed by atoms with Gasteiger partial charge < -0.3 is 15.5 Å². The van der Waals surface area contributed by atoms with Crippen LogP contribution in [0.15, 0.2) is 30.3 Å². The predicted octanol–water partition coefficient (Wildman–Crippen LogP) is 1.80. The number of hydrogen-bond acceptors (Lipinski definition) is 3. The van der Waals surface area contributed by atoms with Gasteiger partial charge in [0.05, 0.1) is 5.92 Å². The molecule has 3 unspecified atom stereocenters. The Bertz CT molecular complexity index is 575. The van der Waals surface area contributed by atoms with Crippen LogP contribution in [0, 0.1) is 5.92 Å². The molecular formula is C19H27N3O2. The van der Waals surface area contributed by atoms with Crippen LogP contribution in [0.2, 0.25) is 0 Å². The van der Waals surface area contributed by atoms with Crippen LogP contribution in [-0.2, 0) is 4.79 Å². The molecule has 3 rings (SSSR count). The third-order valence-electron chi connectivity index (χ3n) is 5.19. The second kappa shape index (κ2) is 7.79. The first kappa shape index (κ1) is 17.0. The largest absolute Gasteiger partial charge is 0.352 e. The van der Waals surface area contributed by atoms with E-state index in [0.717, 1.165) is 38.8 Å². The Morgan fingerprint density at radius 3 is 2.71 bits per heavy atom. The Labute approximate surface area is 143 Å². The zero-order chi connectivity index (χ0) is 16.9. The van der Waals surface area contributed by atoms with Crippen LogP contribution >= 0.6 is 0 Å². The molecule has 0 saturated carbocycles. The van der Waals surface area contributed by atoms with Gasteiger partial charge in [0.1, 0.15) is 0 Å². The molecule has 0 aromatic heterocycles. The molecule has 0 radical (unpaired) electrons. The van der Waals surface area contributed by atoms with Crippen molar-refractivity contribution in [2.75, 3.05) is 19.6 Å². The van der Waals surface area contributed by atoms with Crippen molar-refractivity contribution < 1.29 is 9.59 Å². The van der Waals surface area contributed by atoms with E-state index < -0.39 is 0 Å². The van der Waals surface area contributed by atoms with Gasteiger partial charge in [0.25, 0.3) is 5.91 Å². The highest BCUT2D eigenvalue weighted by atomic mass is 16.2. The molecule has 2 aliphatic rings. The second-order valence-corrected chi connectivity index (χ2v) is 6.96. The van der Waals surface area contributed by atoms with Crippen LogP contribution in [0.1, 0.15) is 43.0 Å². The van der Waals surface area contributed by atoms with Crippen molar-refractivity contribution in [3.63, 3.8) is 0 Å². The highest BCUT2D eigenvalue weighted by Crippen LogP contribution is 2.20. The number of carbonyl (C=O) groups excluding carboxylic acids is 2. The summed E-state index contributed by atoms with van der Waals surface area (Å²) in [5.74, 6) is 0.0300. The van der Waals surface area contributed by atoms with E-state index in [0.29, 0.717) is 18.2 Å². The van der Waals surface area contributed by atoms with Crippen LogP contribution in [0.3, 0.4) is 0 Å². The monoisotopic (exact) mass is 329 g/mol. The summed E-state index contributed by atoms with van der Waals surface area (Å²) in [7, 11) is 0. The molecule has 3 atom stereocenters. The Morgan fingerprint density at radius 1 is 1.17 bits per heavy atom. The van der Waals surface area contributed by atoms with Crippen LogP contribution in [0.4, 0.5) is 0 Å². The Kier molecular flexibility index (Phi) is 5.51.